The molecule has 0 unspecified atom stereocenters. The fourth-order valence-electron chi connectivity index (χ4n) is 2.59. The van der Waals surface area contributed by atoms with Crippen LogP contribution in [0.1, 0.15) is 24.1 Å². The van der Waals surface area contributed by atoms with Crippen LogP contribution >= 0.6 is 0 Å². The van der Waals surface area contributed by atoms with Crippen LogP contribution in [0, 0.1) is 18.3 Å². The van der Waals surface area contributed by atoms with E-state index in [-0.39, 0.29) is 12.7 Å². The molecule has 0 atom stereocenters. The Kier molecular flexibility index (Phi) is 4.40. The first-order chi connectivity index (χ1) is 9.17. The molecule has 0 amide bonds. The Labute approximate surface area is 113 Å². The molecule has 1 aliphatic rings. The molecule has 2 rings (SSSR count). The van der Waals surface area contributed by atoms with Gasteiger partial charge in [0.15, 0.2) is 0 Å². The van der Waals surface area contributed by atoms with E-state index in [2.05, 4.69) is 16.1 Å². The number of aryl methyl sites for hydroxylation is 2. The van der Waals surface area contributed by atoms with E-state index in [0.717, 1.165) is 37.4 Å². The van der Waals surface area contributed by atoms with Crippen LogP contribution in [0.4, 0.5) is 5.82 Å². The van der Waals surface area contributed by atoms with Gasteiger partial charge in [0, 0.05) is 20.1 Å². The molecule has 0 aromatic carbocycles. The van der Waals surface area contributed by atoms with E-state index in [9.17, 15) is 5.26 Å². The van der Waals surface area contributed by atoms with Gasteiger partial charge in [0.25, 0.3) is 0 Å². The summed E-state index contributed by atoms with van der Waals surface area (Å²) in [6.45, 7) is 4.03. The summed E-state index contributed by atoms with van der Waals surface area (Å²) in [5, 5.41) is 22.3. The predicted octanol–water partition coefficient (Wildman–Crippen LogP) is 0.578. The number of hydrogen-bond donors (Lipinski definition) is 1. The number of piperidine rings is 1. The molecule has 0 aliphatic carbocycles. The zero-order chi connectivity index (χ0) is 13.8. The van der Waals surface area contributed by atoms with Gasteiger partial charge in [0.2, 0.25) is 0 Å². The van der Waals surface area contributed by atoms with Crippen molar-refractivity contribution in [2.45, 2.75) is 25.9 Å². The Bertz CT molecular complexity index is 470. The van der Waals surface area contributed by atoms with Gasteiger partial charge in [-0.05, 0) is 19.8 Å². The van der Waals surface area contributed by atoms with Crippen LogP contribution in [0.25, 0.3) is 0 Å². The van der Waals surface area contributed by atoms with Gasteiger partial charge in [0.1, 0.15) is 17.5 Å². The fourth-order valence-corrected chi connectivity index (χ4v) is 2.59. The summed E-state index contributed by atoms with van der Waals surface area (Å²) in [5.41, 5.74) is 1.44. The van der Waals surface area contributed by atoms with Gasteiger partial charge in [-0.15, -0.1) is 0 Å². The topological polar surface area (TPSA) is 74.3 Å². The number of aromatic nitrogens is 2. The summed E-state index contributed by atoms with van der Waals surface area (Å²) in [7, 11) is 1.87. The van der Waals surface area contributed by atoms with Gasteiger partial charge in [-0.25, -0.2) is 0 Å². The molecule has 6 heteroatoms. The molecule has 0 radical (unpaired) electrons. The maximum absolute atomic E-state index is 9.23. The summed E-state index contributed by atoms with van der Waals surface area (Å²) < 4.78 is 7.32. The van der Waals surface area contributed by atoms with Crippen molar-refractivity contribution in [1.82, 2.24) is 9.78 Å². The Balaban J connectivity index is 2.04. The molecule has 1 fully saturated rings. The minimum atomic E-state index is 0.0692. The summed E-state index contributed by atoms with van der Waals surface area (Å²) in [6, 6.07) is 2.24. The number of aliphatic hydroxyl groups excluding tert-OH is 1. The number of ether oxygens (including phenoxy) is 1. The van der Waals surface area contributed by atoms with E-state index in [1.807, 2.05) is 14.0 Å². The van der Waals surface area contributed by atoms with Gasteiger partial charge < -0.3 is 14.7 Å². The lowest BCUT2D eigenvalue weighted by Gasteiger charge is -2.33. The van der Waals surface area contributed by atoms with Gasteiger partial charge >= 0.3 is 0 Å². The van der Waals surface area contributed by atoms with E-state index < -0.39 is 0 Å². The molecule has 0 saturated carbocycles. The molecule has 1 aromatic heterocycles. The van der Waals surface area contributed by atoms with E-state index in [1.54, 1.807) is 4.68 Å². The molecular weight excluding hydrogens is 244 g/mol. The third-order valence-electron chi connectivity index (χ3n) is 3.49. The molecular formula is C13H20N4O2. The molecule has 6 nitrogen and oxygen atoms in total. The lowest BCUT2D eigenvalue weighted by atomic mass is 10.1. The zero-order valence-electron chi connectivity index (χ0n) is 11.5. The van der Waals surface area contributed by atoms with Crippen LogP contribution in [-0.4, -0.2) is 47.3 Å². The van der Waals surface area contributed by atoms with Crippen LogP contribution in [0.2, 0.25) is 0 Å². The number of nitrogens with zero attached hydrogens (tertiary/aromatic N) is 4. The maximum Gasteiger partial charge on any atom is 0.144 e. The van der Waals surface area contributed by atoms with E-state index in [1.165, 1.54) is 0 Å². The quantitative estimate of drug-likeness (QED) is 0.861. The van der Waals surface area contributed by atoms with Gasteiger partial charge in [0.05, 0.1) is 25.0 Å². The third-order valence-corrected chi connectivity index (χ3v) is 3.49. The van der Waals surface area contributed by atoms with Crippen LogP contribution in [0.15, 0.2) is 0 Å². The Morgan fingerprint density at radius 2 is 2.16 bits per heavy atom. The molecule has 2 heterocycles. The number of nitriles is 1. The predicted molar refractivity (Wildman–Crippen MR) is 70.9 cm³/mol. The molecule has 1 aromatic rings. The van der Waals surface area contributed by atoms with Crippen LogP contribution in [0.5, 0.6) is 0 Å². The largest absolute Gasteiger partial charge is 0.394 e. The second kappa shape index (κ2) is 6.04. The number of aliphatic hydroxyl groups is 1. The molecule has 104 valence electrons. The molecule has 1 N–H and O–H groups in total. The highest BCUT2D eigenvalue weighted by Crippen LogP contribution is 2.26. The van der Waals surface area contributed by atoms with Gasteiger partial charge in [-0.1, -0.05) is 0 Å². The van der Waals surface area contributed by atoms with E-state index in [0.29, 0.717) is 12.2 Å². The monoisotopic (exact) mass is 264 g/mol. The summed E-state index contributed by atoms with van der Waals surface area (Å²) in [5.74, 6) is 0.903. The lowest BCUT2D eigenvalue weighted by molar-refractivity contribution is 0.0157. The first-order valence-corrected chi connectivity index (χ1v) is 6.58. The summed E-state index contributed by atoms with van der Waals surface area (Å²) in [4.78, 5) is 2.19. The second-order valence-corrected chi connectivity index (χ2v) is 4.80. The third kappa shape index (κ3) is 2.88. The Morgan fingerprint density at radius 3 is 2.74 bits per heavy atom. The maximum atomic E-state index is 9.23. The number of anilines is 1. The first-order valence-electron chi connectivity index (χ1n) is 6.58. The van der Waals surface area contributed by atoms with E-state index in [4.69, 9.17) is 9.84 Å². The van der Waals surface area contributed by atoms with Crippen molar-refractivity contribution in [2.75, 3.05) is 31.2 Å². The fraction of sp³-hybridized carbons (Fsp3) is 0.692. The van der Waals surface area contributed by atoms with Crippen LogP contribution in [0.3, 0.4) is 0 Å². The normalized spacial score (nSPS) is 16.6. The first kappa shape index (κ1) is 13.8. The summed E-state index contributed by atoms with van der Waals surface area (Å²) >= 11 is 0. The van der Waals surface area contributed by atoms with Crippen molar-refractivity contribution in [1.29, 1.82) is 5.26 Å². The lowest BCUT2D eigenvalue weighted by Crippen LogP contribution is -2.38. The SMILES string of the molecule is Cc1nn(C)c(N2CCC(OCCO)CC2)c1C#N. The molecule has 1 saturated heterocycles. The van der Waals surface area contributed by atoms with Crippen molar-refractivity contribution in [3.05, 3.63) is 11.3 Å². The van der Waals surface area contributed by atoms with Crippen molar-refractivity contribution < 1.29 is 9.84 Å². The molecule has 19 heavy (non-hydrogen) atoms. The van der Waals surface area contributed by atoms with Crippen molar-refractivity contribution in [3.63, 3.8) is 0 Å². The highest BCUT2D eigenvalue weighted by atomic mass is 16.5. The van der Waals surface area contributed by atoms with Crippen LogP contribution < -0.4 is 4.90 Å². The van der Waals surface area contributed by atoms with E-state index >= 15 is 0 Å². The van der Waals surface area contributed by atoms with Gasteiger partial charge in [-0.3, -0.25) is 4.68 Å². The minimum absolute atomic E-state index is 0.0692. The highest BCUT2D eigenvalue weighted by molar-refractivity contribution is 5.57. The average Bonchev–Trinajstić information content (AvgIpc) is 2.71. The molecule has 0 bridgehead atoms. The summed E-state index contributed by atoms with van der Waals surface area (Å²) in [6.07, 6.45) is 2.03. The van der Waals surface area contributed by atoms with Crippen molar-refractivity contribution in [3.8, 4) is 6.07 Å². The van der Waals surface area contributed by atoms with Crippen molar-refractivity contribution in [2.24, 2.45) is 7.05 Å². The number of rotatable bonds is 4. The van der Waals surface area contributed by atoms with Gasteiger partial charge in [-0.2, -0.15) is 10.4 Å². The minimum Gasteiger partial charge on any atom is -0.394 e. The smallest absolute Gasteiger partial charge is 0.144 e. The molecule has 1 aliphatic heterocycles. The van der Waals surface area contributed by atoms with Crippen LogP contribution in [-0.2, 0) is 11.8 Å². The molecule has 0 spiro atoms. The van der Waals surface area contributed by atoms with Crippen molar-refractivity contribution >= 4 is 5.82 Å². The number of hydrogen-bond acceptors (Lipinski definition) is 5. The second-order valence-electron chi connectivity index (χ2n) is 4.80. The Hall–Kier alpha value is -1.58. The highest BCUT2D eigenvalue weighted by Gasteiger charge is 2.25. The standard InChI is InChI=1S/C13H20N4O2/c1-10-12(9-14)13(16(2)15-10)17-5-3-11(4-6-17)19-8-7-18/h11,18H,3-8H2,1-2H3. The Morgan fingerprint density at radius 1 is 1.47 bits per heavy atom. The average molecular weight is 264 g/mol. The zero-order valence-corrected chi connectivity index (χ0v) is 11.5.